The summed E-state index contributed by atoms with van der Waals surface area (Å²) in [5, 5.41) is 8.41. The Balaban J connectivity index is 3.09. The molecule has 0 spiro atoms. The molecule has 0 saturated heterocycles. The van der Waals surface area contributed by atoms with Crippen molar-refractivity contribution in [3.63, 3.8) is 0 Å². The van der Waals surface area contributed by atoms with Gasteiger partial charge in [0.15, 0.2) is 0 Å². The Morgan fingerprint density at radius 2 is 2.07 bits per heavy atom. The van der Waals surface area contributed by atoms with E-state index in [1.165, 1.54) is 6.08 Å². The van der Waals surface area contributed by atoms with Gasteiger partial charge in [-0.05, 0) is 24.3 Å². The average molecular weight is 189 g/mol. The molecule has 0 saturated carbocycles. The third kappa shape index (κ3) is 2.27. The number of hydrogen-bond acceptors (Lipinski definition) is 3. The first-order valence-electron chi connectivity index (χ1n) is 4.10. The lowest BCUT2D eigenvalue weighted by atomic mass is 10.2. The van der Waals surface area contributed by atoms with E-state index in [4.69, 9.17) is 14.7 Å². The first-order valence-corrected chi connectivity index (χ1v) is 4.10. The van der Waals surface area contributed by atoms with Gasteiger partial charge in [-0.2, -0.15) is 5.26 Å². The molecular formula is C11H11NO2. The summed E-state index contributed by atoms with van der Waals surface area (Å²) in [5.74, 6) is 1.46. The van der Waals surface area contributed by atoms with Gasteiger partial charge in [0.1, 0.15) is 11.5 Å². The predicted molar refractivity (Wildman–Crippen MR) is 54.2 cm³/mol. The molecule has 0 amide bonds. The number of rotatable bonds is 3. The fourth-order valence-corrected chi connectivity index (χ4v) is 1.10. The number of hydrogen-bond donors (Lipinski definition) is 0. The Labute approximate surface area is 83.2 Å². The van der Waals surface area contributed by atoms with E-state index < -0.39 is 0 Å². The van der Waals surface area contributed by atoms with Crippen LogP contribution in [-0.4, -0.2) is 14.2 Å². The molecule has 1 rings (SSSR count). The maximum atomic E-state index is 8.41. The van der Waals surface area contributed by atoms with Crippen LogP contribution in [0.3, 0.4) is 0 Å². The van der Waals surface area contributed by atoms with Gasteiger partial charge in [-0.25, -0.2) is 0 Å². The molecule has 0 aliphatic rings. The smallest absolute Gasteiger partial charge is 0.126 e. The van der Waals surface area contributed by atoms with Gasteiger partial charge in [0.25, 0.3) is 0 Å². The maximum absolute atomic E-state index is 8.41. The monoisotopic (exact) mass is 189 g/mol. The summed E-state index contributed by atoms with van der Waals surface area (Å²) < 4.78 is 10.2. The molecular weight excluding hydrogens is 178 g/mol. The molecule has 3 nitrogen and oxygen atoms in total. The van der Waals surface area contributed by atoms with Crippen molar-refractivity contribution in [3.05, 3.63) is 29.8 Å². The first-order chi connectivity index (χ1) is 6.81. The minimum Gasteiger partial charge on any atom is -0.497 e. The predicted octanol–water partition coefficient (Wildman–Crippen LogP) is 2.24. The van der Waals surface area contributed by atoms with Crippen LogP contribution in [0, 0.1) is 11.3 Å². The Kier molecular flexibility index (Phi) is 3.57. The Morgan fingerprint density at radius 3 is 2.64 bits per heavy atom. The van der Waals surface area contributed by atoms with Gasteiger partial charge >= 0.3 is 0 Å². The number of ether oxygens (including phenoxy) is 2. The van der Waals surface area contributed by atoms with Crippen molar-refractivity contribution in [1.82, 2.24) is 0 Å². The second-order valence-electron chi connectivity index (χ2n) is 2.57. The number of benzene rings is 1. The normalized spacial score (nSPS) is 9.79. The molecule has 0 aliphatic heterocycles. The SMILES string of the molecule is COc1ccc(OC)c(C=CC#N)c1. The van der Waals surface area contributed by atoms with Crippen molar-refractivity contribution in [2.45, 2.75) is 0 Å². The molecule has 0 bridgehead atoms. The lowest BCUT2D eigenvalue weighted by Gasteiger charge is -2.06. The number of nitrogens with zero attached hydrogens (tertiary/aromatic N) is 1. The Hall–Kier alpha value is -1.95. The molecule has 0 heterocycles. The van der Waals surface area contributed by atoms with Gasteiger partial charge in [0.05, 0.1) is 20.3 Å². The zero-order valence-corrected chi connectivity index (χ0v) is 8.15. The van der Waals surface area contributed by atoms with Crippen molar-refractivity contribution in [2.24, 2.45) is 0 Å². The van der Waals surface area contributed by atoms with Crippen LogP contribution in [0.1, 0.15) is 5.56 Å². The highest BCUT2D eigenvalue weighted by atomic mass is 16.5. The van der Waals surface area contributed by atoms with E-state index in [-0.39, 0.29) is 0 Å². The number of allylic oxidation sites excluding steroid dienone is 1. The zero-order chi connectivity index (χ0) is 10.4. The van der Waals surface area contributed by atoms with E-state index in [0.29, 0.717) is 0 Å². The maximum Gasteiger partial charge on any atom is 0.126 e. The molecule has 1 aromatic rings. The lowest BCUT2D eigenvalue weighted by Crippen LogP contribution is -1.89. The van der Waals surface area contributed by atoms with Gasteiger partial charge in [0.2, 0.25) is 0 Å². The highest BCUT2D eigenvalue weighted by Gasteiger charge is 2.00. The summed E-state index contributed by atoms with van der Waals surface area (Å²) in [7, 11) is 3.19. The van der Waals surface area contributed by atoms with Gasteiger partial charge in [-0.3, -0.25) is 0 Å². The summed E-state index contributed by atoms with van der Waals surface area (Å²) in [4.78, 5) is 0. The van der Waals surface area contributed by atoms with Crippen molar-refractivity contribution in [2.75, 3.05) is 14.2 Å². The van der Waals surface area contributed by atoms with Crippen LogP contribution >= 0.6 is 0 Å². The standard InChI is InChI=1S/C11H11NO2/c1-13-10-5-6-11(14-2)9(8-10)4-3-7-12/h3-6,8H,1-2H3. The van der Waals surface area contributed by atoms with E-state index in [2.05, 4.69) is 0 Å². The van der Waals surface area contributed by atoms with Crippen molar-refractivity contribution in [3.8, 4) is 17.6 Å². The van der Waals surface area contributed by atoms with Crippen LogP contribution in [0.2, 0.25) is 0 Å². The summed E-state index contributed by atoms with van der Waals surface area (Å²) in [5.41, 5.74) is 0.827. The first kappa shape index (κ1) is 10.1. The summed E-state index contributed by atoms with van der Waals surface area (Å²) >= 11 is 0. The zero-order valence-electron chi connectivity index (χ0n) is 8.15. The number of methoxy groups -OCH3 is 2. The van der Waals surface area contributed by atoms with Crippen LogP contribution in [0.15, 0.2) is 24.3 Å². The Bertz CT molecular complexity index is 377. The fraction of sp³-hybridized carbons (Fsp3) is 0.182. The van der Waals surface area contributed by atoms with Crippen molar-refractivity contribution in [1.29, 1.82) is 5.26 Å². The van der Waals surface area contributed by atoms with Crippen LogP contribution in [0.25, 0.3) is 6.08 Å². The molecule has 0 atom stereocenters. The molecule has 3 heteroatoms. The van der Waals surface area contributed by atoms with Crippen LogP contribution in [0.5, 0.6) is 11.5 Å². The molecule has 0 fully saturated rings. The Morgan fingerprint density at radius 1 is 1.29 bits per heavy atom. The minimum atomic E-state index is 0.720. The molecule has 0 aromatic heterocycles. The van der Waals surface area contributed by atoms with Gasteiger partial charge < -0.3 is 9.47 Å². The highest BCUT2D eigenvalue weighted by molar-refractivity contribution is 5.61. The minimum absolute atomic E-state index is 0.720. The molecule has 0 aliphatic carbocycles. The third-order valence-electron chi connectivity index (χ3n) is 1.77. The van der Waals surface area contributed by atoms with Gasteiger partial charge in [0, 0.05) is 11.6 Å². The largest absolute Gasteiger partial charge is 0.497 e. The van der Waals surface area contributed by atoms with Gasteiger partial charge in [-0.1, -0.05) is 0 Å². The van der Waals surface area contributed by atoms with E-state index in [1.807, 2.05) is 18.2 Å². The molecule has 0 radical (unpaired) electrons. The second-order valence-corrected chi connectivity index (χ2v) is 2.57. The quantitative estimate of drug-likeness (QED) is 0.685. The van der Waals surface area contributed by atoms with Crippen LogP contribution in [-0.2, 0) is 0 Å². The van der Waals surface area contributed by atoms with Crippen molar-refractivity contribution < 1.29 is 9.47 Å². The van der Waals surface area contributed by atoms with E-state index in [9.17, 15) is 0 Å². The molecule has 14 heavy (non-hydrogen) atoms. The van der Waals surface area contributed by atoms with E-state index in [0.717, 1.165) is 17.1 Å². The van der Waals surface area contributed by atoms with Crippen LogP contribution < -0.4 is 9.47 Å². The summed E-state index contributed by atoms with van der Waals surface area (Å²) in [6.45, 7) is 0. The van der Waals surface area contributed by atoms with E-state index in [1.54, 1.807) is 26.4 Å². The summed E-state index contributed by atoms with van der Waals surface area (Å²) in [6, 6.07) is 7.35. The van der Waals surface area contributed by atoms with Crippen molar-refractivity contribution >= 4 is 6.08 Å². The summed E-state index contributed by atoms with van der Waals surface area (Å²) in [6.07, 6.45) is 3.08. The number of nitriles is 1. The van der Waals surface area contributed by atoms with E-state index >= 15 is 0 Å². The highest BCUT2D eigenvalue weighted by Crippen LogP contribution is 2.24. The third-order valence-corrected chi connectivity index (χ3v) is 1.77. The molecule has 0 N–H and O–H groups in total. The molecule has 0 unspecified atom stereocenters. The topological polar surface area (TPSA) is 42.2 Å². The van der Waals surface area contributed by atoms with Crippen LogP contribution in [0.4, 0.5) is 0 Å². The van der Waals surface area contributed by atoms with Gasteiger partial charge in [-0.15, -0.1) is 0 Å². The fourth-order valence-electron chi connectivity index (χ4n) is 1.10. The second kappa shape index (κ2) is 4.93. The molecule has 1 aromatic carbocycles. The lowest BCUT2D eigenvalue weighted by molar-refractivity contribution is 0.402. The average Bonchev–Trinajstić information content (AvgIpc) is 2.25. The molecule has 72 valence electrons.